The van der Waals surface area contributed by atoms with Crippen molar-refractivity contribution in [1.82, 2.24) is 5.32 Å². The summed E-state index contributed by atoms with van der Waals surface area (Å²) in [4.78, 5) is 11.1. The van der Waals surface area contributed by atoms with Gasteiger partial charge >= 0.3 is 6.09 Å². The molecule has 0 aromatic rings. The molecule has 0 aromatic heterocycles. The lowest BCUT2D eigenvalue weighted by molar-refractivity contribution is 0.0503. The first kappa shape index (κ1) is 12.6. The quantitative estimate of drug-likeness (QED) is 0.695. The molecule has 5 heteroatoms. The largest absolute Gasteiger partial charge is 0.444 e. The van der Waals surface area contributed by atoms with Crippen LogP contribution in [0.15, 0.2) is 0 Å². The number of halogens is 1. The predicted molar refractivity (Wildman–Crippen MR) is 53.0 cm³/mol. The standard InChI is InChI=1S/C8H16FNO2S/c1-8(2,3)12-7(11)10-6(4-9)5-13/h6,13H,4-5H2,1-3H3,(H,10,11). The van der Waals surface area contributed by atoms with Crippen LogP contribution < -0.4 is 5.32 Å². The highest BCUT2D eigenvalue weighted by Gasteiger charge is 2.18. The first-order valence-electron chi connectivity index (χ1n) is 4.05. The molecule has 0 aliphatic heterocycles. The van der Waals surface area contributed by atoms with Gasteiger partial charge in [0.1, 0.15) is 12.3 Å². The molecule has 0 saturated carbocycles. The Labute approximate surface area is 83.4 Å². The molecule has 0 spiro atoms. The first-order valence-corrected chi connectivity index (χ1v) is 4.68. The predicted octanol–water partition coefficient (Wildman–Crippen LogP) is 1.78. The van der Waals surface area contributed by atoms with E-state index < -0.39 is 24.4 Å². The van der Waals surface area contributed by atoms with Crippen molar-refractivity contribution in [3.63, 3.8) is 0 Å². The fourth-order valence-electron chi connectivity index (χ4n) is 0.607. The van der Waals surface area contributed by atoms with Gasteiger partial charge in [0.05, 0.1) is 6.04 Å². The van der Waals surface area contributed by atoms with E-state index in [1.165, 1.54) is 0 Å². The molecule has 13 heavy (non-hydrogen) atoms. The Balaban J connectivity index is 3.86. The van der Waals surface area contributed by atoms with Crippen LogP contribution >= 0.6 is 12.6 Å². The van der Waals surface area contributed by atoms with E-state index >= 15 is 0 Å². The zero-order chi connectivity index (χ0) is 10.5. The van der Waals surface area contributed by atoms with Crippen LogP contribution in [0.4, 0.5) is 9.18 Å². The van der Waals surface area contributed by atoms with E-state index in [0.29, 0.717) is 0 Å². The van der Waals surface area contributed by atoms with Gasteiger partial charge in [-0.1, -0.05) is 0 Å². The van der Waals surface area contributed by atoms with E-state index in [0.717, 1.165) is 0 Å². The van der Waals surface area contributed by atoms with Gasteiger partial charge < -0.3 is 10.1 Å². The molecule has 1 amide bonds. The van der Waals surface area contributed by atoms with Crippen molar-refractivity contribution in [1.29, 1.82) is 0 Å². The van der Waals surface area contributed by atoms with Crippen LogP contribution in [-0.4, -0.2) is 30.2 Å². The number of thiol groups is 1. The summed E-state index contributed by atoms with van der Waals surface area (Å²) in [6, 6.07) is -0.571. The number of nitrogens with one attached hydrogen (secondary N) is 1. The van der Waals surface area contributed by atoms with Crippen LogP contribution in [0.2, 0.25) is 0 Å². The molecule has 0 aromatic carbocycles. The van der Waals surface area contributed by atoms with Crippen LogP contribution in [0.1, 0.15) is 20.8 Å². The van der Waals surface area contributed by atoms with Crippen molar-refractivity contribution in [3.8, 4) is 0 Å². The molecule has 0 aliphatic rings. The highest BCUT2D eigenvalue weighted by molar-refractivity contribution is 7.80. The molecule has 0 radical (unpaired) electrons. The third kappa shape index (κ3) is 6.69. The summed E-state index contributed by atoms with van der Waals surface area (Å²) in [5.41, 5.74) is -0.554. The number of hydrogen-bond acceptors (Lipinski definition) is 3. The molecule has 1 unspecified atom stereocenters. The average Bonchev–Trinajstić information content (AvgIpc) is 1.96. The average molecular weight is 209 g/mol. The zero-order valence-corrected chi connectivity index (χ0v) is 9.03. The summed E-state index contributed by atoms with van der Waals surface area (Å²) >= 11 is 3.87. The van der Waals surface area contributed by atoms with Gasteiger partial charge in [0.2, 0.25) is 0 Å². The normalized spacial score (nSPS) is 13.6. The van der Waals surface area contributed by atoms with Crippen molar-refractivity contribution in [2.75, 3.05) is 12.4 Å². The minimum atomic E-state index is -0.636. The Morgan fingerprint density at radius 3 is 2.46 bits per heavy atom. The number of alkyl carbamates (subject to hydrolysis) is 1. The lowest BCUT2D eigenvalue weighted by atomic mass is 10.2. The van der Waals surface area contributed by atoms with Crippen LogP contribution in [0.25, 0.3) is 0 Å². The maximum Gasteiger partial charge on any atom is 0.407 e. The van der Waals surface area contributed by atoms with E-state index in [-0.39, 0.29) is 5.75 Å². The Kier molecular flexibility index (Phi) is 5.13. The van der Waals surface area contributed by atoms with E-state index in [4.69, 9.17) is 4.74 Å². The van der Waals surface area contributed by atoms with Gasteiger partial charge in [0, 0.05) is 5.75 Å². The summed E-state index contributed by atoms with van der Waals surface area (Å²) in [6.07, 6.45) is -0.607. The van der Waals surface area contributed by atoms with Crippen LogP contribution in [0, 0.1) is 0 Å². The van der Waals surface area contributed by atoms with Crippen molar-refractivity contribution in [3.05, 3.63) is 0 Å². The van der Waals surface area contributed by atoms with Gasteiger partial charge in [0.15, 0.2) is 0 Å². The van der Waals surface area contributed by atoms with Gasteiger partial charge in [-0.15, -0.1) is 0 Å². The number of hydrogen-bond donors (Lipinski definition) is 2. The van der Waals surface area contributed by atoms with Gasteiger partial charge in [-0.25, -0.2) is 9.18 Å². The van der Waals surface area contributed by atoms with E-state index in [2.05, 4.69) is 17.9 Å². The number of ether oxygens (including phenoxy) is 1. The molecular formula is C8H16FNO2S. The molecule has 0 bridgehead atoms. The molecule has 0 rings (SSSR count). The molecule has 0 heterocycles. The summed E-state index contributed by atoms with van der Waals surface area (Å²) in [5, 5.41) is 2.36. The maximum absolute atomic E-state index is 12.1. The Morgan fingerprint density at radius 2 is 2.15 bits per heavy atom. The van der Waals surface area contributed by atoms with Crippen LogP contribution in [-0.2, 0) is 4.74 Å². The third-order valence-corrected chi connectivity index (χ3v) is 1.57. The summed E-state index contributed by atoms with van der Waals surface area (Å²) in [6.45, 7) is 4.61. The molecule has 0 saturated heterocycles. The molecule has 0 aliphatic carbocycles. The van der Waals surface area contributed by atoms with Crippen molar-refractivity contribution in [2.45, 2.75) is 32.4 Å². The molecule has 78 valence electrons. The van der Waals surface area contributed by atoms with E-state index in [1.54, 1.807) is 20.8 Å². The number of amides is 1. The Hall–Kier alpha value is -0.450. The number of alkyl halides is 1. The molecule has 1 atom stereocenters. The highest BCUT2D eigenvalue weighted by atomic mass is 32.1. The van der Waals surface area contributed by atoms with Crippen molar-refractivity contribution >= 4 is 18.7 Å². The minimum Gasteiger partial charge on any atom is -0.444 e. The van der Waals surface area contributed by atoms with Crippen LogP contribution in [0.5, 0.6) is 0 Å². The first-order chi connectivity index (χ1) is 5.89. The van der Waals surface area contributed by atoms with Gasteiger partial charge in [-0.05, 0) is 20.8 Å². The fraction of sp³-hybridized carbons (Fsp3) is 0.875. The van der Waals surface area contributed by atoms with E-state index in [1.807, 2.05) is 0 Å². The SMILES string of the molecule is CC(C)(C)OC(=O)NC(CF)CS. The van der Waals surface area contributed by atoms with Gasteiger partial charge in [-0.3, -0.25) is 0 Å². The van der Waals surface area contributed by atoms with Crippen molar-refractivity contribution in [2.24, 2.45) is 0 Å². The molecule has 0 fully saturated rings. The van der Waals surface area contributed by atoms with Gasteiger partial charge in [0.25, 0.3) is 0 Å². The number of carbonyl (C=O) groups is 1. The smallest absolute Gasteiger partial charge is 0.407 e. The lowest BCUT2D eigenvalue weighted by Crippen LogP contribution is -2.41. The summed E-state index contributed by atoms with van der Waals surface area (Å²) in [7, 11) is 0. The molecule has 3 nitrogen and oxygen atoms in total. The Bertz CT molecular complexity index is 166. The van der Waals surface area contributed by atoms with E-state index in [9.17, 15) is 9.18 Å². The third-order valence-electron chi connectivity index (χ3n) is 1.13. The second-order valence-corrected chi connectivity index (χ2v) is 4.05. The lowest BCUT2D eigenvalue weighted by Gasteiger charge is -2.21. The van der Waals surface area contributed by atoms with Crippen molar-refractivity contribution < 1.29 is 13.9 Å². The second kappa shape index (κ2) is 5.32. The Morgan fingerprint density at radius 1 is 1.62 bits per heavy atom. The second-order valence-electron chi connectivity index (χ2n) is 3.68. The summed E-state index contributed by atoms with van der Waals surface area (Å²) in [5.74, 6) is 0.260. The fourth-order valence-corrected chi connectivity index (χ4v) is 0.796. The summed E-state index contributed by atoms with van der Waals surface area (Å²) < 4.78 is 17.1. The number of carbonyl (C=O) groups excluding carboxylic acids is 1. The number of rotatable bonds is 3. The zero-order valence-electron chi connectivity index (χ0n) is 8.13. The van der Waals surface area contributed by atoms with Crippen LogP contribution in [0.3, 0.4) is 0 Å². The molecular weight excluding hydrogens is 193 g/mol. The van der Waals surface area contributed by atoms with Gasteiger partial charge in [-0.2, -0.15) is 12.6 Å². The monoisotopic (exact) mass is 209 g/mol. The maximum atomic E-state index is 12.1. The topological polar surface area (TPSA) is 38.3 Å². The molecule has 1 N–H and O–H groups in total. The highest BCUT2D eigenvalue weighted by Crippen LogP contribution is 2.06. The minimum absolute atomic E-state index is 0.260.